The third-order valence-corrected chi connectivity index (χ3v) is 7.09. The highest BCUT2D eigenvalue weighted by molar-refractivity contribution is 7.89. The molecule has 0 unspecified atom stereocenters. The van der Waals surface area contributed by atoms with Crippen molar-refractivity contribution in [2.45, 2.75) is 17.7 Å². The number of nitrogens with one attached hydrogen (secondary N) is 1. The van der Waals surface area contributed by atoms with Crippen LogP contribution >= 0.6 is 23.2 Å². The predicted octanol–water partition coefficient (Wildman–Crippen LogP) is 3.58. The first-order valence-electron chi connectivity index (χ1n) is 9.23. The maximum Gasteiger partial charge on any atom is 0.309 e. The van der Waals surface area contributed by atoms with Crippen LogP contribution in [0.1, 0.15) is 12.8 Å². The van der Waals surface area contributed by atoms with Crippen molar-refractivity contribution in [2.24, 2.45) is 5.92 Å². The fourth-order valence-electron chi connectivity index (χ4n) is 3.11. The average Bonchev–Trinajstić information content (AvgIpc) is 2.72. The smallest absolute Gasteiger partial charge is 0.309 e. The van der Waals surface area contributed by atoms with E-state index in [1.807, 2.05) is 0 Å². The number of esters is 1. The molecule has 3 rings (SSSR count). The van der Waals surface area contributed by atoms with Crippen molar-refractivity contribution in [1.29, 1.82) is 0 Å². The van der Waals surface area contributed by atoms with E-state index in [1.54, 1.807) is 24.3 Å². The summed E-state index contributed by atoms with van der Waals surface area (Å²) >= 11 is 11.7. The summed E-state index contributed by atoms with van der Waals surface area (Å²) in [4.78, 5) is 24.4. The van der Waals surface area contributed by atoms with Crippen LogP contribution in [-0.2, 0) is 24.3 Å². The number of ether oxygens (including phenoxy) is 1. The summed E-state index contributed by atoms with van der Waals surface area (Å²) in [6, 6.07) is 12.6. The molecular formula is C20H20Cl2N2O5S. The first kappa shape index (κ1) is 22.6. The van der Waals surface area contributed by atoms with E-state index >= 15 is 0 Å². The average molecular weight is 471 g/mol. The molecule has 1 N–H and O–H groups in total. The summed E-state index contributed by atoms with van der Waals surface area (Å²) < 4.78 is 31.8. The second-order valence-corrected chi connectivity index (χ2v) is 9.61. The number of hydrogen-bond acceptors (Lipinski definition) is 5. The van der Waals surface area contributed by atoms with Crippen LogP contribution in [0.4, 0.5) is 5.69 Å². The number of carbonyl (C=O) groups excluding carboxylic acids is 2. The van der Waals surface area contributed by atoms with Gasteiger partial charge >= 0.3 is 5.97 Å². The molecule has 1 fully saturated rings. The molecule has 0 radical (unpaired) electrons. The maximum atomic E-state index is 12.7. The fraction of sp³-hybridized carbons (Fsp3) is 0.300. The number of halogens is 2. The SMILES string of the molecule is O=C(COC(=O)C1CCN(S(=O)(=O)c2ccc(Cl)cc2)CC1)Nc1cccc(Cl)c1. The number of benzene rings is 2. The van der Waals surface area contributed by atoms with E-state index in [0.29, 0.717) is 28.6 Å². The van der Waals surface area contributed by atoms with Gasteiger partial charge in [-0.1, -0.05) is 29.3 Å². The van der Waals surface area contributed by atoms with Crippen LogP contribution in [0.2, 0.25) is 10.0 Å². The fourth-order valence-corrected chi connectivity index (χ4v) is 4.89. The van der Waals surface area contributed by atoms with Crippen molar-refractivity contribution < 1.29 is 22.7 Å². The van der Waals surface area contributed by atoms with E-state index in [0.717, 1.165) is 0 Å². The molecule has 7 nitrogen and oxygen atoms in total. The Hall–Kier alpha value is -2.13. The Morgan fingerprint density at radius 2 is 1.70 bits per heavy atom. The number of carbonyl (C=O) groups is 2. The molecule has 0 aliphatic carbocycles. The van der Waals surface area contributed by atoms with Gasteiger partial charge in [-0.25, -0.2) is 8.42 Å². The molecule has 2 aromatic rings. The number of piperidine rings is 1. The summed E-state index contributed by atoms with van der Waals surface area (Å²) in [7, 11) is -3.64. The van der Waals surface area contributed by atoms with Crippen LogP contribution in [0.3, 0.4) is 0 Å². The van der Waals surface area contributed by atoms with Crippen LogP contribution in [0.5, 0.6) is 0 Å². The number of hydrogen-bond donors (Lipinski definition) is 1. The minimum Gasteiger partial charge on any atom is -0.455 e. The number of amides is 1. The lowest BCUT2D eigenvalue weighted by Crippen LogP contribution is -2.40. The zero-order valence-corrected chi connectivity index (χ0v) is 18.2. The van der Waals surface area contributed by atoms with Crippen LogP contribution in [0, 0.1) is 5.92 Å². The molecule has 0 atom stereocenters. The zero-order chi connectivity index (χ0) is 21.7. The van der Waals surface area contributed by atoms with Crippen LogP contribution < -0.4 is 5.32 Å². The predicted molar refractivity (Wildman–Crippen MR) is 114 cm³/mol. The summed E-state index contributed by atoms with van der Waals surface area (Å²) in [6.45, 7) is -0.0342. The molecule has 1 heterocycles. The number of sulfonamides is 1. The third kappa shape index (κ3) is 5.72. The van der Waals surface area contributed by atoms with Gasteiger partial charge in [-0.15, -0.1) is 0 Å². The molecule has 1 aliphatic rings. The van der Waals surface area contributed by atoms with Crippen molar-refractivity contribution in [3.63, 3.8) is 0 Å². The summed E-state index contributed by atoms with van der Waals surface area (Å²) in [5, 5.41) is 3.52. The molecule has 1 amide bonds. The number of anilines is 1. The van der Waals surface area contributed by atoms with E-state index < -0.39 is 34.4 Å². The standard InChI is InChI=1S/C20H20Cl2N2O5S/c21-15-4-6-18(7-5-15)30(27,28)24-10-8-14(9-11-24)20(26)29-13-19(25)23-17-3-1-2-16(22)12-17/h1-7,12,14H,8-11,13H2,(H,23,25). The Balaban J connectivity index is 1.48. The Kier molecular flexibility index (Phi) is 7.36. The third-order valence-electron chi connectivity index (χ3n) is 4.69. The van der Waals surface area contributed by atoms with Gasteiger partial charge in [-0.05, 0) is 55.3 Å². The second-order valence-electron chi connectivity index (χ2n) is 6.80. The second kappa shape index (κ2) is 9.78. The molecule has 0 spiro atoms. The lowest BCUT2D eigenvalue weighted by atomic mass is 9.98. The highest BCUT2D eigenvalue weighted by Gasteiger charge is 2.33. The molecule has 2 aromatic carbocycles. The number of rotatable bonds is 6. The first-order chi connectivity index (χ1) is 14.3. The van der Waals surface area contributed by atoms with E-state index in [2.05, 4.69) is 5.32 Å². The van der Waals surface area contributed by atoms with Gasteiger partial charge in [0.05, 0.1) is 10.8 Å². The molecule has 30 heavy (non-hydrogen) atoms. The minimum atomic E-state index is -3.64. The molecule has 10 heteroatoms. The van der Waals surface area contributed by atoms with Gasteiger partial charge in [-0.3, -0.25) is 9.59 Å². The van der Waals surface area contributed by atoms with Crippen molar-refractivity contribution in [3.05, 3.63) is 58.6 Å². The van der Waals surface area contributed by atoms with Crippen LogP contribution in [0.15, 0.2) is 53.4 Å². The van der Waals surface area contributed by atoms with Gasteiger partial charge in [0, 0.05) is 28.8 Å². The molecule has 0 bridgehead atoms. The first-order valence-corrected chi connectivity index (χ1v) is 11.4. The highest BCUT2D eigenvalue weighted by Crippen LogP contribution is 2.25. The van der Waals surface area contributed by atoms with Gasteiger partial charge in [0.15, 0.2) is 6.61 Å². The monoisotopic (exact) mass is 470 g/mol. The Bertz CT molecular complexity index is 1020. The Morgan fingerprint density at radius 3 is 2.33 bits per heavy atom. The van der Waals surface area contributed by atoms with E-state index in [9.17, 15) is 18.0 Å². The summed E-state index contributed by atoms with van der Waals surface area (Å²) in [5.74, 6) is -1.45. The minimum absolute atomic E-state index is 0.158. The lowest BCUT2D eigenvalue weighted by Gasteiger charge is -2.30. The molecule has 0 aromatic heterocycles. The highest BCUT2D eigenvalue weighted by atomic mass is 35.5. The van der Waals surface area contributed by atoms with Crippen LogP contribution in [0.25, 0.3) is 0 Å². The van der Waals surface area contributed by atoms with E-state index in [1.165, 1.54) is 28.6 Å². The van der Waals surface area contributed by atoms with E-state index in [4.69, 9.17) is 27.9 Å². The van der Waals surface area contributed by atoms with Gasteiger partial charge in [-0.2, -0.15) is 4.31 Å². The largest absolute Gasteiger partial charge is 0.455 e. The van der Waals surface area contributed by atoms with Crippen molar-refractivity contribution in [2.75, 3.05) is 25.0 Å². The molecule has 1 saturated heterocycles. The van der Waals surface area contributed by atoms with Crippen LogP contribution in [-0.4, -0.2) is 44.3 Å². The summed E-state index contributed by atoms with van der Waals surface area (Å²) in [6.07, 6.45) is 0.642. The topological polar surface area (TPSA) is 92.8 Å². The Labute approximate surface area is 185 Å². The lowest BCUT2D eigenvalue weighted by molar-refractivity contribution is -0.152. The molecule has 1 aliphatic heterocycles. The van der Waals surface area contributed by atoms with Crippen molar-refractivity contribution >= 4 is 50.8 Å². The number of nitrogens with zero attached hydrogens (tertiary/aromatic N) is 1. The Morgan fingerprint density at radius 1 is 1.03 bits per heavy atom. The van der Waals surface area contributed by atoms with E-state index in [-0.39, 0.29) is 18.0 Å². The van der Waals surface area contributed by atoms with Crippen molar-refractivity contribution in [3.8, 4) is 0 Å². The van der Waals surface area contributed by atoms with Gasteiger partial charge < -0.3 is 10.1 Å². The normalized spacial score (nSPS) is 15.5. The molecular weight excluding hydrogens is 451 g/mol. The van der Waals surface area contributed by atoms with Gasteiger partial charge in [0.1, 0.15) is 0 Å². The summed E-state index contributed by atoms with van der Waals surface area (Å²) in [5.41, 5.74) is 0.504. The molecule has 160 valence electrons. The van der Waals surface area contributed by atoms with Crippen molar-refractivity contribution in [1.82, 2.24) is 4.31 Å². The van der Waals surface area contributed by atoms with Gasteiger partial charge in [0.2, 0.25) is 10.0 Å². The zero-order valence-electron chi connectivity index (χ0n) is 15.9. The van der Waals surface area contributed by atoms with Gasteiger partial charge in [0.25, 0.3) is 5.91 Å². The quantitative estimate of drug-likeness (QED) is 0.651. The molecule has 0 saturated carbocycles. The maximum absolute atomic E-state index is 12.7.